The van der Waals surface area contributed by atoms with Crippen LogP contribution in [0.4, 0.5) is 5.69 Å². The van der Waals surface area contributed by atoms with Crippen LogP contribution >= 0.6 is 0 Å². The Kier molecular flexibility index (Phi) is 7.46. The molecule has 2 heterocycles. The summed E-state index contributed by atoms with van der Waals surface area (Å²) < 4.78 is 28.1. The molecule has 0 atom stereocenters. The van der Waals surface area contributed by atoms with E-state index in [0.717, 1.165) is 16.8 Å². The van der Waals surface area contributed by atoms with Gasteiger partial charge in [0.2, 0.25) is 21.8 Å². The normalized spacial score (nSPS) is 17.5. The summed E-state index contributed by atoms with van der Waals surface area (Å²) in [5, 5.41) is 0. The van der Waals surface area contributed by atoms with Gasteiger partial charge in [0.25, 0.3) is 0 Å². The number of piperidine rings is 1. The zero-order chi connectivity index (χ0) is 27.6. The highest BCUT2D eigenvalue weighted by Gasteiger charge is 2.55. The van der Waals surface area contributed by atoms with Crippen molar-refractivity contribution in [1.82, 2.24) is 14.1 Å². The van der Waals surface area contributed by atoms with Gasteiger partial charge in [0.15, 0.2) is 0 Å². The molecule has 0 saturated carbocycles. The number of rotatable bonds is 7. The number of hydrogen-bond donors (Lipinski definition) is 0. The van der Waals surface area contributed by atoms with Gasteiger partial charge in [-0.05, 0) is 49.6 Å². The maximum absolute atomic E-state index is 14.0. The molecular formula is C30H34N4O4S. The van der Waals surface area contributed by atoms with Gasteiger partial charge < -0.3 is 14.7 Å². The summed E-state index contributed by atoms with van der Waals surface area (Å²) in [4.78, 5) is 32.7. The van der Waals surface area contributed by atoms with Crippen LogP contribution in [0.15, 0.2) is 89.8 Å². The van der Waals surface area contributed by atoms with E-state index in [1.165, 1.54) is 4.31 Å². The largest absolute Gasteiger partial charge is 0.340 e. The first kappa shape index (κ1) is 26.9. The SMILES string of the molecule is Cc1ccc(S(=O)(=O)N2CCC3(CC2)C(=O)N(CC(=O)N(C)Cc2ccccc2)CN3c2ccccc2)cc1. The summed E-state index contributed by atoms with van der Waals surface area (Å²) in [6, 6.07) is 26.3. The third kappa shape index (κ3) is 5.29. The first-order valence-electron chi connectivity index (χ1n) is 13.2. The van der Waals surface area contributed by atoms with E-state index in [4.69, 9.17) is 0 Å². The predicted octanol–water partition coefficient (Wildman–Crippen LogP) is 3.48. The second-order valence-electron chi connectivity index (χ2n) is 10.4. The lowest BCUT2D eigenvalue weighted by atomic mass is 9.86. The van der Waals surface area contributed by atoms with E-state index in [-0.39, 0.29) is 43.0 Å². The Morgan fingerprint density at radius 2 is 1.49 bits per heavy atom. The van der Waals surface area contributed by atoms with Crippen molar-refractivity contribution in [3.8, 4) is 0 Å². The summed E-state index contributed by atoms with van der Waals surface area (Å²) in [6.07, 6.45) is 0.687. The molecule has 0 unspecified atom stereocenters. The highest BCUT2D eigenvalue weighted by molar-refractivity contribution is 7.89. The van der Waals surface area contributed by atoms with Gasteiger partial charge in [-0.2, -0.15) is 4.31 Å². The first-order valence-corrected chi connectivity index (χ1v) is 14.6. The number of aryl methyl sites for hydroxylation is 1. The minimum Gasteiger partial charge on any atom is -0.340 e. The van der Waals surface area contributed by atoms with Gasteiger partial charge in [-0.15, -0.1) is 0 Å². The molecule has 0 bridgehead atoms. The molecule has 3 aromatic rings. The standard InChI is InChI=1S/C30H34N4O4S/c1-24-13-15-27(16-14-24)39(37,38)33-19-17-30(18-20-33)29(36)32(23-34(30)26-11-7-4-8-12-26)22-28(35)31(2)21-25-9-5-3-6-10-25/h3-16H,17-23H2,1-2H3. The van der Waals surface area contributed by atoms with Crippen molar-refractivity contribution in [2.45, 2.75) is 36.7 Å². The average Bonchev–Trinajstić information content (AvgIpc) is 3.20. The first-order chi connectivity index (χ1) is 18.7. The van der Waals surface area contributed by atoms with Crippen molar-refractivity contribution in [2.24, 2.45) is 0 Å². The summed E-state index contributed by atoms with van der Waals surface area (Å²) in [5.74, 6) is -0.267. The van der Waals surface area contributed by atoms with Gasteiger partial charge in [0.05, 0.1) is 11.6 Å². The number of nitrogens with zero attached hydrogens (tertiary/aromatic N) is 4. The number of carbonyl (C=O) groups is 2. The number of anilines is 1. The van der Waals surface area contributed by atoms with Crippen LogP contribution in [-0.4, -0.2) is 73.2 Å². The molecule has 0 aromatic heterocycles. The molecule has 5 rings (SSSR count). The van der Waals surface area contributed by atoms with Crippen LogP contribution in [0.1, 0.15) is 24.0 Å². The van der Waals surface area contributed by atoms with E-state index in [0.29, 0.717) is 19.4 Å². The summed E-state index contributed by atoms with van der Waals surface area (Å²) >= 11 is 0. The van der Waals surface area contributed by atoms with Crippen LogP contribution in [-0.2, 0) is 26.2 Å². The molecule has 2 aliphatic heterocycles. The van der Waals surface area contributed by atoms with Crippen molar-refractivity contribution in [1.29, 1.82) is 0 Å². The lowest BCUT2D eigenvalue weighted by Gasteiger charge is -2.42. The third-order valence-corrected chi connectivity index (χ3v) is 9.72. The molecule has 0 N–H and O–H groups in total. The van der Waals surface area contributed by atoms with Crippen LogP contribution < -0.4 is 4.90 Å². The van der Waals surface area contributed by atoms with E-state index in [9.17, 15) is 18.0 Å². The molecule has 39 heavy (non-hydrogen) atoms. The fourth-order valence-electron chi connectivity index (χ4n) is 5.51. The predicted molar refractivity (Wildman–Crippen MR) is 150 cm³/mol. The van der Waals surface area contributed by atoms with Crippen molar-refractivity contribution < 1.29 is 18.0 Å². The van der Waals surface area contributed by atoms with Gasteiger partial charge in [-0.3, -0.25) is 9.59 Å². The molecule has 2 saturated heterocycles. The third-order valence-electron chi connectivity index (χ3n) is 7.80. The van der Waals surface area contributed by atoms with Gasteiger partial charge in [-0.1, -0.05) is 66.2 Å². The zero-order valence-electron chi connectivity index (χ0n) is 22.4. The van der Waals surface area contributed by atoms with Crippen molar-refractivity contribution in [3.63, 3.8) is 0 Å². The highest BCUT2D eigenvalue weighted by atomic mass is 32.2. The average molecular weight is 547 g/mol. The second-order valence-corrected chi connectivity index (χ2v) is 12.3. The smallest absolute Gasteiger partial charge is 0.250 e. The number of sulfonamides is 1. The monoisotopic (exact) mass is 546 g/mol. The van der Waals surface area contributed by atoms with E-state index in [1.54, 1.807) is 41.1 Å². The minimum atomic E-state index is -3.67. The Morgan fingerprint density at radius 3 is 2.10 bits per heavy atom. The number of likely N-dealkylation sites (N-methyl/N-ethyl adjacent to an activating group) is 1. The Morgan fingerprint density at radius 1 is 0.897 bits per heavy atom. The molecule has 9 heteroatoms. The second kappa shape index (κ2) is 10.8. The Balaban J connectivity index is 1.35. The Bertz CT molecular complexity index is 1420. The van der Waals surface area contributed by atoms with Gasteiger partial charge in [0, 0.05) is 32.4 Å². The van der Waals surface area contributed by atoms with E-state index in [1.807, 2.05) is 67.6 Å². The molecule has 1 spiro atoms. The maximum Gasteiger partial charge on any atom is 0.250 e. The van der Waals surface area contributed by atoms with Crippen LogP contribution in [0.2, 0.25) is 0 Å². The molecule has 2 amide bonds. The van der Waals surface area contributed by atoms with Crippen LogP contribution in [0.25, 0.3) is 0 Å². The lowest BCUT2D eigenvalue weighted by molar-refractivity contribution is -0.140. The van der Waals surface area contributed by atoms with E-state index in [2.05, 4.69) is 4.90 Å². The van der Waals surface area contributed by atoms with Crippen molar-refractivity contribution in [2.75, 3.05) is 38.3 Å². The minimum absolute atomic E-state index is 0.0291. The molecule has 0 aliphatic carbocycles. The lowest BCUT2D eigenvalue weighted by Crippen LogP contribution is -2.57. The van der Waals surface area contributed by atoms with Gasteiger partial charge in [-0.25, -0.2) is 8.42 Å². The summed E-state index contributed by atoms with van der Waals surface area (Å²) in [5.41, 5.74) is 1.99. The van der Waals surface area contributed by atoms with Gasteiger partial charge >= 0.3 is 0 Å². The molecule has 3 aromatic carbocycles. The Hall–Kier alpha value is -3.69. The summed E-state index contributed by atoms with van der Waals surface area (Å²) in [6.45, 7) is 3.07. The fourth-order valence-corrected chi connectivity index (χ4v) is 6.95. The molecule has 0 radical (unpaired) electrons. The van der Waals surface area contributed by atoms with E-state index >= 15 is 0 Å². The fraction of sp³-hybridized carbons (Fsp3) is 0.333. The number of para-hydroxylation sites is 1. The topological polar surface area (TPSA) is 81.2 Å². The maximum atomic E-state index is 14.0. The highest BCUT2D eigenvalue weighted by Crippen LogP contribution is 2.40. The molecule has 2 fully saturated rings. The Labute approximate surface area is 230 Å². The number of carbonyl (C=O) groups excluding carboxylic acids is 2. The number of amides is 2. The summed E-state index contributed by atoms with van der Waals surface area (Å²) in [7, 11) is -1.92. The van der Waals surface area contributed by atoms with Gasteiger partial charge in [0.1, 0.15) is 12.1 Å². The zero-order valence-corrected chi connectivity index (χ0v) is 23.2. The quantitative estimate of drug-likeness (QED) is 0.453. The molecule has 8 nitrogen and oxygen atoms in total. The van der Waals surface area contributed by atoms with Crippen LogP contribution in [0.5, 0.6) is 0 Å². The van der Waals surface area contributed by atoms with E-state index < -0.39 is 15.6 Å². The molecule has 2 aliphatic rings. The van der Waals surface area contributed by atoms with Crippen LogP contribution in [0, 0.1) is 6.92 Å². The number of benzene rings is 3. The van der Waals surface area contributed by atoms with Crippen molar-refractivity contribution in [3.05, 3.63) is 96.1 Å². The molecular weight excluding hydrogens is 512 g/mol. The molecule has 204 valence electrons. The van der Waals surface area contributed by atoms with Crippen molar-refractivity contribution >= 4 is 27.5 Å². The van der Waals surface area contributed by atoms with Crippen LogP contribution in [0.3, 0.4) is 0 Å². The number of hydrogen-bond acceptors (Lipinski definition) is 5.